The van der Waals surface area contributed by atoms with Crippen LogP contribution in [-0.2, 0) is 28.6 Å². The second kappa shape index (κ2) is 63.4. The van der Waals surface area contributed by atoms with Gasteiger partial charge in [-0.05, 0) is 70.6 Å². The van der Waals surface area contributed by atoms with Gasteiger partial charge < -0.3 is 14.2 Å². The summed E-state index contributed by atoms with van der Waals surface area (Å²) in [6.07, 6.45) is 82.5. The number of hydrogen-bond donors (Lipinski definition) is 0. The molecule has 0 rings (SSSR count). The first-order valence-electron chi connectivity index (χ1n) is 32.4. The monoisotopic (exact) mass is 1050 g/mol. The Morgan fingerprint density at radius 1 is 0.293 bits per heavy atom. The van der Waals surface area contributed by atoms with Crippen LogP contribution in [0.15, 0.2) is 72.9 Å². The Bertz CT molecular complexity index is 1390. The number of allylic oxidation sites excluding steroid dienone is 11. The van der Waals surface area contributed by atoms with Gasteiger partial charge in [0.05, 0.1) is 6.42 Å². The normalized spacial score (nSPS) is 12.5. The maximum atomic E-state index is 12.8. The third kappa shape index (κ3) is 61.6. The van der Waals surface area contributed by atoms with Gasteiger partial charge in [0, 0.05) is 12.8 Å². The molecule has 1 atom stereocenters. The summed E-state index contributed by atoms with van der Waals surface area (Å²) in [4.78, 5) is 38.2. The van der Waals surface area contributed by atoms with Crippen molar-refractivity contribution in [3.8, 4) is 0 Å². The molecule has 1 unspecified atom stereocenters. The second-order valence-corrected chi connectivity index (χ2v) is 21.7. The zero-order valence-electron chi connectivity index (χ0n) is 49.8. The molecule has 0 heterocycles. The fourth-order valence-electron chi connectivity index (χ4n) is 9.40. The molecule has 0 spiro atoms. The van der Waals surface area contributed by atoms with Crippen LogP contribution in [0.4, 0.5) is 0 Å². The van der Waals surface area contributed by atoms with Crippen LogP contribution in [-0.4, -0.2) is 37.2 Å². The Morgan fingerprint density at radius 2 is 0.560 bits per heavy atom. The maximum Gasteiger partial charge on any atom is 0.310 e. The van der Waals surface area contributed by atoms with E-state index in [4.69, 9.17) is 14.2 Å². The summed E-state index contributed by atoms with van der Waals surface area (Å²) in [6, 6.07) is 0. The number of unbranched alkanes of at least 4 members (excludes halogenated alkanes) is 37. The number of esters is 3. The molecule has 6 heteroatoms. The third-order valence-electron chi connectivity index (χ3n) is 14.2. The fraction of sp³-hybridized carbons (Fsp3) is 0.783. The van der Waals surface area contributed by atoms with Crippen molar-refractivity contribution in [2.75, 3.05) is 13.2 Å². The highest BCUT2D eigenvalue weighted by Gasteiger charge is 2.19. The Kier molecular flexibility index (Phi) is 60.7. The topological polar surface area (TPSA) is 78.9 Å². The first-order valence-corrected chi connectivity index (χ1v) is 32.4. The van der Waals surface area contributed by atoms with Crippen LogP contribution in [0.5, 0.6) is 0 Å². The standard InChI is InChI=1S/C69H122O6/c1-4-7-10-13-16-19-22-25-28-29-30-31-32-33-34-35-36-37-38-39-40-42-44-47-50-53-56-59-62-68(71)74-65-66(64-73-67(70)61-58-55-52-49-46-43-27-24-21-18-15-12-9-6-3)75-69(72)63-60-57-54-51-48-45-41-26-23-20-17-14-11-8-5-2/h8,11,17,20,24,26-27,41,48,51,57,60,66H,4-7,9-10,12-16,18-19,21-23,25,28-40,42-47,49-50,52-56,58-59,61-65H2,1-3H3/b11-8-,20-17-,27-24-,41-26-,51-48-,60-57-. The Balaban J connectivity index is 4.26. The lowest BCUT2D eigenvalue weighted by Gasteiger charge is -2.18. The zero-order chi connectivity index (χ0) is 54.3. The lowest BCUT2D eigenvalue weighted by atomic mass is 10.0. The minimum atomic E-state index is -0.832. The molecule has 0 aromatic rings. The minimum Gasteiger partial charge on any atom is -0.462 e. The van der Waals surface area contributed by atoms with Gasteiger partial charge in [-0.3, -0.25) is 14.4 Å². The van der Waals surface area contributed by atoms with E-state index in [0.717, 1.165) is 83.5 Å². The van der Waals surface area contributed by atoms with Gasteiger partial charge >= 0.3 is 17.9 Å². The fourth-order valence-corrected chi connectivity index (χ4v) is 9.40. The largest absolute Gasteiger partial charge is 0.462 e. The first kappa shape index (κ1) is 71.8. The molecule has 434 valence electrons. The second-order valence-electron chi connectivity index (χ2n) is 21.7. The minimum absolute atomic E-state index is 0.0976. The molecule has 0 amide bonds. The summed E-state index contributed by atoms with van der Waals surface area (Å²) < 4.78 is 16.8. The van der Waals surface area contributed by atoms with Crippen molar-refractivity contribution in [3.05, 3.63) is 72.9 Å². The van der Waals surface area contributed by atoms with Crippen LogP contribution in [0.2, 0.25) is 0 Å². The van der Waals surface area contributed by atoms with E-state index in [0.29, 0.717) is 12.8 Å². The Hall–Kier alpha value is -3.15. The smallest absolute Gasteiger partial charge is 0.310 e. The number of carbonyl (C=O) groups excluding carboxylic acids is 3. The summed E-state index contributed by atoms with van der Waals surface area (Å²) in [7, 11) is 0. The van der Waals surface area contributed by atoms with Gasteiger partial charge in [-0.2, -0.15) is 0 Å². The van der Waals surface area contributed by atoms with Crippen LogP contribution in [0.3, 0.4) is 0 Å². The predicted octanol–water partition coefficient (Wildman–Crippen LogP) is 22.1. The molecule has 6 nitrogen and oxygen atoms in total. The number of hydrogen-bond acceptors (Lipinski definition) is 6. The molecule has 0 fully saturated rings. The Morgan fingerprint density at radius 3 is 0.867 bits per heavy atom. The summed E-state index contributed by atoms with van der Waals surface area (Å²) >= 11 is 0. The predicted molar refractivity (Wildman–Crippen MR) is 325 cm³/mol. The summed E-state index contributed by atoms with van der Waals surface area (Å²) in [5.41, 5.74) is 0. The van der Waals surface area contributed by atoms with E-state index in [1.807, 2.05) is 6.08 Å². The Labute approximate surface area is 465 Å². The number of ether oxygens (including phenoxy) is 3. The summed E-state index contributed by atoms with van der Waals surface area (Å²) in [5, 5.41) is 0. The average molecular weight is 1050 g/mol. The quantitative estimate of drug-likeness (QED) is 0.0261. The molecular weight excluding hydrogens is 925 g/mol. The first-order chi connectivity index (χ1) is 37.0. The molecular formula is C69H122O6. The SMILES string of the molecule is CC/C=C\C/C=C\C/C=C\C/C=C\C/C=C\CC(=O)OC(COC(=O)CCCCCCC/C=C\CCCCCCC)COC(=O)CCCCCCCCCCCCCCCCCCCCCCCCCCCCCC. The molecule has 0 aliphatic heterocycles. The molecule has 0 aliphatic rings. The van der Waals surface area contributed by atoms with Crippen LogP contribution in [0, 0.1) is 0 Å². The lowest BCUT2D eigenvalue weighted by Crippen LogP contribution is -2.30. The van der Waals surface area contributed by atoms with Crippen molar-refractivity contribution >= 4 is 17.9 Å². The highest BCUT2D eigenvalue weighted by Crippen LogP contribution is 2.17. The molecule has 0 saturated carbocycles. The van der Waals surface area contributed by atoms with E-state index < -0.39 is 12.1 Å². The number of carbonyl (C=O) groups is 3. The summed E-state index contributed by atoms with van der Waals surface area (Å²) in [5.74, 6) is -1.04. The van der Waals surface area contributed by atoms with Gasteiger partial charge in [0.2, 0.25) is 0 Å². The average Bonchev–Trinajstić information content (AvgIpc) is 3.41. The maximum absolute atomic E-state index is 12.8. The highest BCUT2D eigenvalue weighted by atomic mass is 16.6. The van der Waals surface area contributed by atoms with E-state index in [1.165, 1.54) is 205 Å². The molecule has 0 N–H and O–H groups in total. The molecule has 0 radical (unpaired) electrons. The molecule has 0 aliphatic carbocycles. The van der Waals surface area contributed by atoms with Crippen molar-refractivity contribution in [1.82, 2.24) is 0 Å². The van der Waals surface area contributed by atoms with Gasteiger partial charge in [-0.25, -0.2) is 0 Å². The van der Waals surface area contributed by atoms with Crippen molar-refractivity contribution in [3.63, 3.8) is 0 Å². The molecule has 0 aromatic carbocycles. The highest BCUT2D eigenvalue weighted by molar-refractivity contribution is 5.72. The third-order valence-corrected chi connectivity index (χ3v) is 14.2. The molecule has 75 heavy (non-hydrogen) atoms. The van der Waals surface area contributed by atoms with Crippen molar-refractivity contribution in [2.45, 2.75) is 335 Å². The van der Waals surface area contributed by atoms with E-state index >= 15 is 0 Å². The van der Waals surface area contributed by atoms with E-state index in [-0.39, 0.29) is 31.6 Å². The van der Waals surface area contributed by atoms with E-state index in [2.05, 4.69) is 81.5 Å². The number of rotatable bonds is 59. The van der Waals surface area contributed by atoms with Crippen LogP contribution >= 0.6 is 0 Å². The summed E-state index contributed by atoms with van der Waals surface area (Å²) in [6.45, 7) is 6.47. The van der Waals surface area contributed by atoms with Crippen LogP contribution in [0.1, 0.15) is 329 Å². The van der Waals surface area contributed by atoms with Gasteiger partial charge in [-0.15, -0.1) is 0 Å². The van der Waals surface area contributed by atoms with Gasteiger partial charge in [-0.1, -0.05) is 312 Å². The van der Waals surface area contributed by atoms with E-state index in [1.54, 1.807) is 6.08 Å². The van der Waals surface area contributed by atoms with Crippen LogP contribution < -0.4 is 0 Å². The molecule has 0 saturated heterocycles. The van der Waals surface area contributed by atoms with Gasteiger partial charge in [0.1, 0.15) is 13.2 Å². The van der Waals surface area contributed by atoms with Crippen molar-refractivity contribution in [2.24, 2.45) is 0 Å². The van der Waals surface area contributed by atoms with Crippen molar-refractivity contribution in [1.29, 1.82) is 0 Å². The van der Waals surface area contributed by atoms with Crippen LogP contribution in [0.25, 0.3) is 0 Å². The van der Waals surface area contributed by atoms with Gasteiger partial charge in [0.25, 0.3) is 0 Å². The zero-order valence-corrected chi connectivity index (χ0v) is 49.8. The molecule has 0 aromatic heterocycles. The molecule has 0 bridgehead atoms. The lowest BCUT2D eigenvalue weighted by molar-refractivity contribution is -0.166. The van der Waals surface area contributed by atoms with E-state index in [9.17, 15) is 14.4 Å². The van der Waals surface area contributed by atoms with Gasteiger partial charge in [0.15, 0.2) is 6.10 Å². The van der Waals surface area contributed by atoms with Crippen molar-refractivity contribution < 1.29 is 28.6 Å².